The molecule has 0 saturated carbocycles. The Balaban J connectivity index is 3.53. The molecule has 0 bridgehead atoms. The Labute approximate surface area is 138 Å². The van der Waals surface area contributed by atoms with Crippen molar-refractivity contribution in [1.29, 1.82) is 0 Å². The molecular weight excluding hydrogens is 383 g/mol. The van der Waals surface area contributed by atoms with Crippen molar-refractivity contribution in [2.45, 2.75) is 39.5 Å². The second kappa shape index (κ2) is 7.24. The van der Waals surface area contributed by atoms with Crippen LogP contribution in [0.15, 0.2) is 18.2 Å². The Hall–Kier alpha value is -1.11. The van der Waals surface area contributed by atoms with Crippen LogP contribution in [-0.2, 0) is 9.59 Å². The summed E-state index contributed by atoms with van der Waals surface area (Å²) in [5.74, 6) is -3.45. The van der Waals surface area contributed by atoms with Crippen molar-refractivity contribution in [3.05, 3.63) is 32.9 Å². The molecule has 4 nitrogen and oxygen atoms in total. The van der Waals surface area contributed by atoms with Crippen LogP contribution < -0.4 is 0 Å². The molecule has 5 heteroatoms. The number of rotatable bonds is 6. The molecule has 0 saturated heterocycles. The van der Waals surface area contributed by atoms with Gasteiger partial charge in [-0.3, -0.25) is 9.59 Å². The summed E-state index contributed by atoms with van der Waals surface area (Å²) in [7, 11) is 0. The minimum Gasteiger partial charge on any atom is -0.481 e. The van der Waals surface area contributed by atoms with E-state index in [1.807, 2.05) is 33.8 Å². The van der Waals surface area contributed by atoms with Gasteiger partial charge >= 0.3 is 11.9 Å². The zero-order chi connectivity index (χ0) is 16.3. The molecule has 0 aliphatic heterocycles. The van der Waals surface area contributed by atoms with E-state index in [9.17, 15) is 19.8 Å². The molecule has 0 fully saturated rings. The molecule has 1 aromatic carbocycles. The van der Waals surface area contributed by atoms with Gasteiger partial charge in [0.1, 0.15) is 0 Å². The average Bonchev–Trinajstić information content (AvgIpc) is 2.30. The molecule has 0 heterocycles. The minimum absolute atomic E-state index is 0.108. The van der Waals surface area contributed by atoms with Gasteiger partial charge in [-0.05, 0) is 57.7 Å². The molecule has 2 unspecified atom stereocenters. The third kappa shape index (κ3) is 4.18. The number of hydrogen-bond acceptors (Lipinski definition) is 2. The van der Waals surface area contributed by atoms with E-state index in [1.54, 1.807) is 12.1 Å². The number of halogens is 1. The van der Waals surface area contributed by atoms with E-state index in [0.717, 1.165) is 3.57 Å². The van der Waals surface area contributed by atoms with E-state index >= 15 is 0 Å². The molecule has 0 aliphatic carbocycles. The van der Waals surface area contributed by atoms with Gasteiger partial charge in [0.05, 0.1) is 11.8 Å². The highest BCUT2D eigenvalue weighted by Gasteiger charge is 2.32. The first-order chi connectivity index (χ1) is 9.66. The van der Waals surface area contributed by atoms with Gasteiger partial charge in [-0.25, -0.2) is 0 Å². The first-order valence-corrected chi connectivity index (χ1v) is 7.99. The second-order valence-corrected chi connectivity index (χ2v) is 7.14. The fourth-order valence-electron chi connectivity index (χ4n) is 2.65. The molecule has 2 N–H and O–H groups in total. The first-order valence-electron chi connectivity index (χ1n) is 6.91. The molecular formula is C16H21IO4. The van der Waals surface area contributed by atoms with Crippen molar-refractivity contribution in [1.82, 2.24) is 0 Å². The molecule has 0 radical (unpaired) electrons. The van der Waals surface area contributed by atoms with Crippen molar-refractivity contribution in [3.8, 4) is 0 Å². The number of aliphatic carboxylic acids is 2. The predicted octanol–water partition coefficient (Wildman–Crippen LogP) is 3.94. The van der Waals surface area contributed by atoms with Crippen LogP contribution in [0.25, 0.3) is 0 Å². The van der Waals surface area contributed by atoms with Crippen LogP contribution in [-0.4, -0.2) is 22.2 Å². The summed E-state index contributed by atoms with van der Waals surface area (Å²) in [5.41, 5.74) is 1.23. The highest BCUT2D eigenvalue weighted by atomic mass is 127. The van der Waals surface area contributed by atoms with E-state index in [4.69, 9.17) is 0 Å². The number of carboxylic acids is 2. The van der Waals surface area contributed by atoms with Crippen molar-refractivity contribution < 1.29 is 19.8 Å². The minimum atomic E-state index is -0.916. The lowest BCUT2D eigenvalue weighted by Gasteiger charge is -2.25. The van der Waals surface area contributed by atoms with E-state index < -0.39 is 23.8 Å². The summed E-state index contributed by atoms with van der Waals surface area (Å²) >= 11 is 2.12. The van der Waals surface area contributed by atoms with Crippen LogP contribution in [0.4, 0.5) is 0 Å². The molecule has 1 rings (SSSR count). The third-order valence-corrected chi connectivity index (χ3v) is 4.26. The van der Waals surface area contributed by atoms with Crippen molar-refractivity contribution in [3.63, 3.8) is 0 Å². The summed E-state index contributed by atoms with van der Waals surface area (Å²) < 4.78 is 0.908. The fourth-order valence-corrected chi connectivity index (χ4v) is 3.17. The lowest BCUT2D eigenvalue weighted by Crippen LogP contribution is -2.24. The monoisotopic (exact) mass is 404 g/mol. The average molecular weight is 404 g/mol. The van der Waals surface area contributed by atoms with Crippen LogP contribution in [0.5, 0.6) is 0 Å². The third-order valence-electron chi connectivity index (χ3n) is 3.58. The zero-order valence-electron chi connectivity index (χ0n) is 12.6. The largest absolute Gasteiger partial charge is 0.481 e. The summed E-state index contributed by atoms with van der Waals surface area (Å²) in [6, 6.07) is 5.39. The topological polar surface area (TPSA) is 74.6 Å². The van der Waals surface area contributed by atoms with Gasteiger partial charge in [0.25, 0.3) is 0 Å². The second-order valence-electron chi connectivity index (χ2n) is 5.89. The molecule has 0 aliphatic rings. The van der Waals surface area contributed by atoms with Gasteiger partial charge < -0.3 is 10.2 Å². The van der Waals surface area contributed by atoms with Crippen molar-refractivity contribution >= 4 is 34.5 Å². The van der Waals surface area contributed by atoms with E-state index in [-0.39, 0.29) is 11.8 Å². The van der Waals surface area contributed by atoms with Gasteiger partial charge in [0, 0.05) is 3.57 Å². The summed E-state index contributed by atoms with van der Waals surface area (Å²) in [6.07, 6.45) is 0. The first kappa shape index (κ1) is 17.9. The summed E-state index contributed by atoms with van der Waals surface area (Å²) in [5, 5.41) is 19.0. The Morgan fingerprint density at radius 3 is 1.71 bits per heavy atom. The van der Waals surface area contributed by atoms with Gasteiger partial charge in [0.2, 0.25) is 0 Å². The van der Waals surface area contributed by atoms with Gasteiger partial charge in [0.15, 0.2) is 0 Å². The molecule has 0 aromatic heterocycles. The molecule has 21 heavy (non-hydrogen) atoms. The van der Waals surface area contributed by atoms with Crippen molar-refractivity contribution in [2.24, 2.45) is 11.8 Å². The van der Waals surface area contributed by atoms with Crippen LogP contribution >= 0.6 is 22.6 Å². The molecule has 0 amide bonds. The summed E-state index contributed by atoms with van der Waals surface area (Å²) in [6.45, 7) is 7.36. The maximum absolute atomic E-state index is 11.6. The number of benzene rings is 1. The summed E-state index contributed by atoms with van der Waals surface area (Å²) in [4.78, 5) is 23.2. The quantitative estimate of drug-likeness (QED) is 0.705. The SMILES string of the molecule is CC(C)C(C(=O)O)c1ccc(I)cc1C(C(=O)O)C(C)C. The standard InChI is InChI=1S/C16H21IO4/c1-8(2)13(15(18)19)11-6-5-10(17)7-12(11)14(9(3)4)16(20)21/h5-9,13-14H,1-4H3,(H,18,19)(H,20,21). The Morgan fingerprint density at radius 2 is 1.33 bits per heavy atom. The van der Waals surface area contributed by atoms with E-state index in [1.165, 1.54) is 0 Å². The van der Waals surface area contributed by atoms with E-state index in [0.29, 0.717) is 11.1 Å². The Bertz CT molecular complexity index is 537. The van der Waals surface area contributed by atoms with Crippen LogP contribution in [0.2, 0.25) is 0 Å². The van der Waals surface area contributed by atoms with Crippen LogP contribution in [0.3, 0.4) is 0 Å². The van der Waals surface area contributed by atoms with E-state index in [2.05, 4.69) is 22.6 Å². The predicted molar refractivity (Wildman–Crippen MR) is 89.6 cm³/mol. The lowest BCUT2D eigenvalue weighted by atomic mass is 9.79. The molecule has 116 valence electrons. The number of hydrogen-bond donors (Lipinski definition) is 2. The number of carbonyl (C=O) groups is 2. The number of carboxylic acid groups (broad SMARTS) is 2. The highest BCUT2D eigenvalue weighted by Crippen LogP contribution is 2.36. The smallest absolute Gasteiger partial charge is 0.311 e. The molecule has 1 aromatic rings. The zero-order valence-corrected chi connectivity index (χ0v) is 14.8. The lowest BCUT2D eigenvalue weighted by molar-refractivity contribution is -0.141. The van der Waals surface area contributed by atoms with Crippen LogP contribution in [0, 0.1) is 15.4 Å². The van der Waals surface area contributed by atoms with Gasteiger partial charge in [-0.15, -0.1) is 0 Å². The normalized spacial score (nSPS) is 14.2. The maximum atomic E-state index is 11.6. The Morgan fingerprint density at radius 1 is 0.905 bits per heavy atom. The Kier molecular flexibility index (Phi) is 6.19. The molecule has 2 atom stereocenters. The van der Waals surface area contributed by atoms with Crippen LogP contribution in [0.1, 0.15) is 50.7 Å². The maximum Gasteiger partial charge on any atom is 0.311 e. The van der Waals surface area contributed by atoms with Gasteiger partial charge in [-0.1, -0.05) is 33.8 Å². The van der Waals surface area contributed by atoms with Crippen molar-refractivity contribution in [2.75, 3.05) is 0 Å². The molecule has 0 spiro atoms. The highest BCUT2D eigenvalue weighted by molar-refractivity contribution is 14.1. The van der Waals surface area contributed by atoms with Gasteiger partial charge in [-0.2, -0.15) is 0 Å². The fraction of sp³-hybridized carbons (Fsp3) is 0.500.